The van der Waals surface area contributed by atoms with E-state index in [1.54, 1.807) is 0 Å². The Morgan fingerprint density at radius 2 is 1.67 bits per heavy atom. The quantitative estimate of drug-likeness (QED) is 0.549. The highest BCUT2D eigenvalue weighted by molar-refractivity contribution is 4.76. The normalized spacial score (nSPS) is 32.0. The summed E-state index contributed by atoms with van der Waals surface area (Å²) in [6, 6.07) is 0. The van der Waals surface area contributed by atoms with Crippen LogP contribution in [0.1, 0.15) is 59.8 Å². The van der Waals surface area contributed by atoms with Gasteiger partial charge >= 0.3 is 0 Å². The first-order valence-electron chi connectivity index (χ1n) is 5.49. The summed E-state index contributed by atoms with van der Waals surface area (Å²) in [6.07, 6.45) is 7.33. The first-order valence-corrected chi connectivity index (χ1v) is 5.49. The summed E-state index contributed by atoms with van der Waals surface area (Å²) in [5.74, 6) is 2.00. The minimum atomic E-state index is 0.538. The molecule has 2 atom stereocenters. The summed E-state index contributed by atoms with van der Waals surface area (Å²) in [4.78, 5) is 0. The fraction of sp³-hybridized carbons (Fsp3) is 1.00. The molecule has 12 heavy (non-hydrogen) atoms. The van der Waals surface area contributed by atoms with E-state index in [2.05, 4.69) is 27.7 Å². The third kappa shape index (κ3) is 3.16. The van der Waals surface area contributed by atoms with Gasteiger partial charge in [0.2, 0.25) is 0 Å². The van der Waals surface area contributed by atoms with Crippen LogP contribution < -0.4 is 0 Å². The topological polar surface area (TPSA) is 0 Å². The van der Waals surface area contributed by atoms with Crippen molar-refractivity contribution in [2.24, 2.45) is 17.3 Å². The maximum Gasteiger partial charge on any atom is -0.0380 e. The zero-order chi connectivity index (χ0) is 9.19. The second kappa shape index (κ2) is 3.81. The van der Waals surface area contributed by atoms with Crippen LogP contribution in [0.15, 0.2) is 0 Å². The smallest absolute Gasteiger partial charge is 0.0380 e. The highest BCUT2D eigenvalue weighted by Gasteiger charge is 2.25. The van der Waals surface area contributed by atoms with Crippen molar-refractivity contribution in [2.45, 2.75) is 59.8 Å². The van der Waals surface area contributed by atoms with Crippen LogP contribution in [-0.2, 0) is 0 Å². The van der Waals surface area contributed by atoms with Gasteiger partial charge in [-0.1, -0.05) is 53.4 Å². The molecule has 0 heterocycles. The van der Waals surface area contributed by atoms with E-state index in [4.69, 9.17) is 0 Å². The average molecular weight is 168 g/mol. The van der Waals surface area contributed by atoms with Gasteiger partial charge in [0.05, 0.1) is 0 Å². The Kier molecular flexibility index (Phi) is 3.20. The highest BCUT2D eigenvalue weighted by atomic mass is 14.3. The molecular formula is C12H24. The lowest BCUT2D eigenvalue weighted by molar-refractivity contribution is 0.180. The molecule has 1 saturated carbocycles. The number of hydrogen-bond donors (Lipinski definition) is 0. The second-order valence-electron chi connectivity index (χ2n) is 5.79. The minimum absolute atomic E-state index is 0.538. The number of rotatable bonds is 1. The molecule has 0 aromatic rings. The Labute approximate surface area is 77.7 Å². The van der Waals surface area contributed by atoms with E-state index < -0.39 is 0 Å². The van der Waals surface area contributed by atoms with Gasteiger partial charge in [-0.05, 0) is 23.7 Å². The molecule has 0 aromatic heterocycles. The highest BCUT2D eigenvalue weighted by Crippen LogP contribution is 2.37. The van der Waals surface area contributed by atoms with E-state index in [1.165, 1.54) is 32.1 Å². The van der Waals surface area contributed by atoms with Gasteiger partial charge in [-0.15, -0.1) is 0 Å². The Morgan fingerprint density at radius 1 is 1.08 bits per heavy atom. The van der Waals surface area contributed by atoms with Gasteiger partial charge in [-0.3, -0.25) is 0 Å². The molecule has 0 aliphatic heterocycles. The lowest BCUT2D eigenvalue weighted by atomic mass is 9.72. The van der Waals surface area contributed by atoms with E-state index in [9.17, 15) is 0 Å². The van der Waals surface area contributed by atoms with Crippen molar-refractivity contribution in [2.75, 3.05) is 0 Å². The van der Waals surface area contributed by atoms with Crippen LogP contribution >= 0.6 is 0 Å². The second-order valence-corrected chi connectivity index (χ2v) is 5.79. The lowest BCUT2D eigenvalue weighted by Gasteiger charge is -2.33. The minimum Gasteiger partial charge on any atom is -0.0622 e. The standard InChI is InChI=1S/C12H24/c1-10-7-5-6-8-11(10)9-12(2,3)4/h10-11H,5-9H2,1-4H3. The Hall–Kier alpha value is 0. The predicted molar refractivity (Wildman–Crippen MR) is 55.2 cm³/mol. The zero-order valence-corrected chi connectivity index (χ0v) is 9.19. The molecule has 72 valence electrons. The lowest BCUT2D eigenvalue weighted by Crippen LogP contribution is -2.22. The van der Waals surface area contributed by atoms with Gasteiger partial charge in [0.15, 0.2) is 0 Å². The van der Waals surface area contributed by atoms with Gasteiger partial charge in [-0.25, -0.2) is 0 Å². The van der Waals surface area contributed by atoms with Crippen LogP contribution in [0.2, 0.25) is 0 Å². The molecule has 0 radical (unpaired) electrons. The Morgan fingerprint density at radius 3 is 2.17 bits per heavy atom. The van der Waals surface area contributed by atoms with Crippen molar-refractivity contribution in [3.63, 3.8) is 0 Å². The van der Waals surface area contributed by atoms with Gasteiger partial charge in [0.1, 0.15) is 0 Å². The van der Waals surface area contributed by atoms with Crippen LogP contribution in [0.5, 0.6) is 0 Å². The SMILES string of the molecule is CC1CCCCC1CC(C)(C)C. The van der Waals surface area contributed by atoms with Gasteiger partial charge < -0.3 is 0 Å². The molecule has 2 unspecified atom stereocenters. The fourth-order valence-electron chi connectivity index (χ4n) is 2.48. The van der Waals surface area contributed by atoms with Crippen molar-refractivity contribution in [3.8, 4) is 0 Å². The monoisotopic (exact) mass is 168 g/mol. The maximum absolute atomic E-state index is 2.44. The van der Waals surface area contributed by atoms with Gasteiger partial charge in [0.25, 0.3) is 0 Å². The fourth-order valence-corrected chi connectivity index (χ4v) is 2.48. The van der Waals surface area contributed by atoms with Crippen LogP contribution in [-0.4, -0.2) is 0 Å². The molecule has 1 aliphatic carbocycles. The Bertz CT molecular complexity index is 129. The molecule has 0 nitrogen and oxygen atoms in total. The van der Waals surface area contributed by atoms with E-state index in [-0.39, 0.29) is 0 Å². The molecule has 0 aromatic carbocycles. The zero-order valence-electron chi connectivity index (χ0n) is 9.19. The van der Waals surface area contributed by atoms with Crippen molar-refractivity contribution < 1.29 is 0 Å². The summed E-state index contributed by atoms with van der Waals surface area (Å²) in [5.41, 5.74) is 0.538. The molecule has 0 N–H and O–H groups in total. The first-order chi connectivity index (χ1) is 5.49. The average Bonchev–Trinajstić information content (AvgIpc) is 1.91. The molecular weight excluding hydrogens is 144 g/mol. The Balaban J connectivity index is 2.39. The van der Waals surface area contributed by atoms with E-state index in [0.717, 1.165) is 11.8 Å². The molecule has 0 heteroatoms. The van der Waals surface area contributed by atoms with Crippen molar-refractivity contribution >= 4 is 0 Å². The third-order valence-corrected chi connectivity index (χ3v) is 3.16. The molecule has 0 amide bonds. The molecule has 0 spiro atoms. The predicted octanol–water partition coefficient (Wildman–Crippen LogP) is 4.25. The molecule has 1 fully saturated rings. The maximum atomic E-state index is 2.44. The van der Waals surface area contributed by atoms with Gasteiger partial charge in [-0.2, -0.15) is 0 Å². The van der Waals surface area contributed by atoms with Gasteiger partial charge in [0, 0.05) is 0 Å². The van der Waals surface area contributed by atoms with E-state index in [0.29, 0.717) is 5.41 Å². The summed E-state index contributed by atoms with van der Waals surface area (Å²) in [6.45, 7) is 9.55. The first kappa shape index (κ1) is 10.1. The molecule has 1 aliphatic rings. The van der Waals surface area contributed by atoms with Crippen molar-refractivity contribution in [1.82, 2.24) is 0 Å². The van der Waals surface area contributed by atoms with Crippen LogP contribution in [0.4, 0.5) is 0 Å². The molecule has 0 bridgehead atoms. The van der Waals surface area contributed by atoms with Crippen LogP contribution in [0.3, 0.4) is 0 Å². The largest absolute Gasteiger partial charge is 0.0622 e. The van der Waals surface area contributed by atoms with E-state index >= 15 is 0 Å². The van der Waals surface area contributed by atoms with Crippen LogP contribution in [0, 0.1) is 17.3 Å². The summed E-state index contributed by atoms with van der Waals surface area (Å²) in [5, 5.41) is 0. The summed E-state index contributed by atoms with van der Waals surface area (Å²) < 4.78 is 0. The summed E-state index contributed by atoms with van der Waals surface area (Å²) >= 11 is 0. The van der Waals surface area contributed by atoms with Crippen molar-refractivity contribution in [1.29, 1.82) is 0 Å². The van der Waals surface area contributed by atoms with Crippen molar-refractivity contribution in [3.05, 3.63) is 0 Å². The molecule has 0 saturated heterocycles. The van der Waals surface area contributed by atoms with Crippen LogP contribution in [0.25, 0.3) is 0 Å². The number of hydrogen-bond acceptors (Lipinski definition) is 0. The summed E-state index contributed by atoms with van der Waals surface area (Å²) in [7, 11) is 0. The molecule has 1 rings (SSSR count). The van der Waals surface area contributed by atoms with E-state index in [1.807, 2.05) is 0 Å². The third-order valence-electron chi connectivity index (χ3n) is 3.16.